The zero-order chi connectivity index (χ0) is 16.7. The maximum atomic E-state index is 12.8. The molecule has 3 rings (SSSR count). The lowest BCUT2D eigenvalue weighted by molar-refractivity contribution is -0.136. The third kappa shape index (κ3) is 2.55. The minimum atomic E-state index is -1.10. The van der Waals surface area contributed by atoms with Crippen LogP contribution in [0.2, 0.25) is 5.15 Å². The summed E-state index contributed by atoms with van der Waals surface area (Å²) in [6.45, 7) is 3.01. The highest BCUT2D eigenvalue weighted by molar-refractivity contribution is 6.33. The van der Waals surface area contributed by atoms with Gasteiger partial charge in [-0.25, -0.2) is 4.98 Å². The van der Waals surface area contributed by atoms with Crippen LogP contribution < -0.4 is 4.90 Å². The Kier molecular flexibility index (Phi) is 3.77. The number of anilines is 1. The van der Waals surface area contributed by atoms with Crippen LogP contribution in [-0.4, -0.2) is 33.5 Å². The van der Waals surface area contributed by atoms with E-state index >= 15 is 0 Å². The number of carboxylic acid groups (broad SMARTS) is 1. The van der Waals surface area contributed by atoms with Crippen molar-refractivity contribution in [2.24, 2.45) is 0 Å². The van der Waals surface area contributed by atoms with Crippen LogP contribution in [-0.2, 0) is 9.59 Å². The van der Waals surface area contributed by atoms with Gasteiger partial charge in [0.05, 0.1) is 17.3 Å². The first-order valence-electron chi connectivity index (χ1n) is 7.05. The number of nitrogens with zero attached hydrogens (tertiary/aromatic N) is 3. The van der Waals surface area contributed by atoms with Gasteiger partial charge in [0.25, 0.3) is 0 Å². The van der Waals surface area contributed by atoms with Crippen molar-refractivity contribution in [3.05, 3.63) is 40.9 Å². The molecule has 3 heterocycles. The van der Waals surface area contributed by atoms with E-state index in [2.05, 4.69) is 9.97 Å². The Morgan fingerprint density at radius 2 is 2.22 bits per heavy atom. The second kappa shape index (κ2) is 5.62. The second-order valence-electron chi connectivity index (χ2n) is 5.42. The summed E-state index contributed by atoms with van der Waals surface area (Å²) in [5.74, 6) is -2.00. The van der Waals surface area contributed by atoms with E-state index in [-0.39, 0.29) is 11.1 Å². The van der Waals surface area contributed by atoms with Crippen LogP contribution in [0.1, 0.15) is 24.2 Å². The first-order valence-corrected chi connectivity index (χ1v) is 7.43. The molecule has 1 aliphatic heterocycles. The van der Waals surface area contributed by atoms with Crippen LogP contribution in [0.3, 0.4) is 0 Å². The molecule has 6 nitrogen and oxygen atoms in total. The largest absolute Gasteiger partial charge is 0.480 e. The Labute approximate surface area is 137 Å². The van der Waals surface area contributed by atoms with Gasteiger partial charge < -0.3 is 5.11 Å². The number of rotatable bonds is 2. The molecule has 0 bridgehead atoms. The van der Waals surface area contributed by atoms with Crippen molar-refractivity contribution in [1.82, 2.24) is 9.97 Å². The van der Waals surface area contributed by atoms with Gasteiger partial charge in [0, 0.05) is 23.0 Å². The van der Waals surface area contributed by atoms with Gasteiger partial charge in [0.1, 0.15) is 11.7 Å². The zero-order valence-corrected chi connectivity index (χ0v) is 13.3. The Morgan fingerprint density at radius 1 is 1.48 bits per heavy atom. The summed E-state index contributed by atoms with van der Waals surface area (Å²) in [6.07, 6.45) is 1.60. The fourth-order valence-corrected chi connectivity index (χ4v) is 3.15. The van der Waals surface area contributed by atoms with Crippen molar-refractivity contribution in [1.29, 1.82) is 0 Å². The van der Waals surface area contributed by atoms with Gasteiger partial charge in [-0.05, 0) is 26.0 Å². The van der Waals surface area contributed by atoms with E-state index in [1.807, 2.05) is 6.07 Å². The molecule has 0 fully saturated rings. The molecule has 23 heavy (non-hydrogen) atoms. The Hall–Kier alpha value is -2.47. The van der Waals surface area contributed by atoms with Crippen molar-refractivity contribution in [2.45, 2.75) is 19.8 Å². The van der Waals surface area contributed by atoms with Gasteiger partial charge in [-0.1, -0.05) is 17.7 Å². The summed E-state index contributed by atoms with van der Waals surface area (Å²) in [5, 5.41) is 9.41. The zero-order valence-electron chi connectivity index (χ0n) is 12.6. The van der Waals surface area contributed by atoms with Gasteiger partial charge in [-0.2, -0.15) is 0 Å². The van der Waals surface area contributed by atoms with Crippen LogP contribution in [0.5, 0.6) is 0 Å². The minimum Gasteiger partial charge on any atom is -0.480 e. The molecular formula is C16H14ClN3O3. The molecule has 1 aliphatic rings. The van der Waals surface area contributed by atoms with E-state index in [9.17, 15) is 14.7 Å². The highest BCUT2D eigenvalue weighted by Crippen LogP contribution is 2.43. The molecule has 0 aromatic carbocycles. The van der Waals surface area contributed by atoms with Crippen molar-refractivity contribution < 1.29 is 14.7 Å². The van der Waals surface area contributed by atoms with Gasteiger partial charge in [-0.15, -0.1) is 0 Å². The number of carbonyl (C=O) groups excluding carboxylic acids is 1. The van der Waals surface area contributed by atoms with Gasteiger partial charge >= 0.3 is 5.97 Å². The summed E-state index contributed by atoms with van der Waals surface area (Å²) >= 11 is 6.32. The van der Waals surface area contributed by atoms with Gasteiger partial charge in [0.2, 0.25) is 5.91 Å². The molecular weight excluding hydrogens is 318 g/mol. The van der Waals surface area contributed by atoms with E-state index in [1.54, 1.807) is 32.2 Å². The number of aromatic nitrogens is 2. The van der Waals surface area contributed by atoms with Gasteiger partial charge in [-0.3, -0.25) is 19.5 Å². The van der Waals surface area contributed by atoms with Crippen LogP contribution >= 0.6 is 11.6 Å². The molecule has 0 radical (unpaired) electrons. The van der Waals surface area contributed by atoms with E-state index in [1.165, 1.54) is 4.90 Å². The fraction of sp³-hybridized carbons (Fsp3) is 0.250. The number of aliphatic carboxylic acids is 1. The van der Waals surface area contributed by atoms with Crippen molar-refractivity contribution in [2.75, 3.05) is 11.4 Å². The monoisotopic (exact) mass is 331 g/mol. The lowest BCUT2D eigenvalue weighted by Gasteiger charge is -2.23. The third-order valence-electron chi connectivity index (χ3n) is 3.82. The first kappa shape index (κ1) is 15.4. The fourth-order valence-electron chi connectivity index (χ4n) is 2.82. The predicted octanol–water partition coefficient (Wildman–Crippen LogP) is 2.64. The summed E-state index contributed by atoms with van der Waals surface area (Å²) in [6, 6.07) is 5.25. The number of carbonyl (C=O) groups is 2. The topological polar surface area (TPSA) is 83.4 Å². The number of aryl methyl sites for hydroxylation is 1. The minimum absolute atomic E-state index is 0.228. The molecule has 0 saturated carbocycles. The van der Waals surface area contributed by atoms with Crippen LogP contribution in [0.15, 0.2) is 24.4 Å². The number of hydrogen-bond acceptors (Lipinski definition) is 4. The Balaban J connectivity index is 2.36. The maximum Gasteiger partial charge on any atom is 0.323 e. The van der Waals surface area contributed by atoms with Crippen molar-refractivity contribution >= 4 is 29.2 Å². The van der Waals surface area contributed by atoms with Crippen LogP contribution in [0.25, 0.3) is 11.1 Å². The van der Waals surface area contributed by atoms with E-state index in [4.69, 9.17) is 11.6 Å². The Bertz CT molecular complexity index is 822. The number of hydrogen-bond donors (Lipinski definition) is 1. The summed E-state index contributed by atoms with van der Waals surface area (Å²) in [5.41, 5.74) is 2.87. The van der Waals surface area contributed by atoms with Crippen LogP contribution in [0.4, 0.5) is 5.69 Å². The molecule has 2 aromatic rings. The highest BCUT2D eigenvalue weighted by Gasteiger charge is 2.34. The third-order valence-corrected chi connectivity index (χ3v) is 4.09. The smallest absolute Gasteiger partial charge is 0.323 e. The van der Waals surface area contributed by atoms with Crippen LogP contribution in [0, 0.1) is 6.92 Å². The van der Waals surface area contributed by atoms with E-state index < -0.39 is 18.4 Å². The first-order chi connectivity index (χ1) is 10.9. The molecule has 1 atom stereocenters. The maximum absolute atomic E-state index is 12.8. The summed E-state index contributed by atoms with van der Waals surface area (Å²) in [7, 11) is 0. The number of halogens is 1. The molecule has 0 saturated heterocycles. The second-order valence-corrected chi connectivity index (χ2v) is 5.78. The van der Waals surface area contributed by atoms with E-state index in [0.29, 0.717) is 28.2 Å². The molecule has 0 aliphatic carbocycles. The number of carboxylic acids is 1. The normalized spacial score (nSPS) is 16.6. The molecule has 0 spiro atoms. The number of amides is 1. The Morgan fingerprint density at radius 3 is 2.91 bits per heavy atom. The predicted molar refractivity (Wildman–Crippen MR) is 85.6 cm³/mol. The van der Waals surface area contributed by atoms with Crippen molar-refractivity contribution in [3.8, 4) is 11.1 Å². The lowest BCUT2D eigenvalue weighted by atomic mass is 9.98. The van der Waals surface area contributed by atoms with E-state index in [0.717, 1.165) is 0 Å². The summed E-state index contributed by atoms with van der Waals surface area (Å²) < 4.78 is 0. The standard InChI is InChI=1S/C16H14ClN3O3/c1-8-6-11-13(15(17)19-8)10-4-3-5-18-14(10)9(2)16(23)20(11)7-12(21)22/h3-6,9H,7H2,1-2H3,(H,21,22)/t9-/m1/s1. The molecule has 118 valence electrons. The molecule has 2 aromatic heterocycles. The average molecular weight is 332 g/mol. The average Bonchev–Trinajstić information content (AvgIpc) is 2.57. The van der Waals surface area contributed by atoms with Crippen molar-refractivity contribution in [3.63, 3.8) is 0 Å². The molecule has 1 amide bonds. The van der Waals surface area contributed by atoms with Gasteiger partial charge in [0.15, 0.2) is 0 Å². The lowest BCUT2D eigenvalue weighted by Crippen LogP contribution is -2.38. The molecule has 0 unspecified atom stereocenters. The molecule has 7 heteroatoms. The summed E-state index contributed by atoms with van der Waals surface area (Å²) in [4.78, 5) is 33.8. The number of fused-ring (bicyclic) bond motifs is 3. The molecule has 1 N–H and O–H groups in total. The quantitative estimate of drug-likeness (QED) is 0.855. The number of pyridine rings is 2. The highest BCUT2D eigenvalue weighted by atomic mass is 35.5. The SMILES string of the molecule is Cc1cc2c(c(Cl)n1)-c1cccnc1[C@@H](C)C(=O)N2CC(=O)O.